The first-order valence-corrected chi connectivity index (χ1v) is 8.56. The normalized spacial score (nSPS) is 9.80. The maximum absolute atomic E-state index is 11.6. The molecule has 0 saturated carbocycles. The van der Waals surface area contributed by atoms with Gasteiger partial charge in [0.15, 0.2) is 0 Å². The van der Waals surface area contributed by atoms with Gasteiger partial charge in [0.05, 0.1) is 0 Å². The largest absolute Gasteiger partial charge is 0.445 e. The second kappa shape index (κ2) is 12.2. The number of hydrogen-bond acceptors (Lipinski definition) is 3. The summed E-state index contributed by atoms with van der Waals surface area (Å²) < 4.78 is 5.17. The lowest BCUT2D eigenvalue weighted by molar-refractivity contribution is 0.139. The minimum Gasteiger partial charge on any atom is -0.445 e. The summed E-state index contributed by atoms with van der Waals surface area (Å²) in [7, 11) is 0. The van der Waals surface area contributed by atoms with Gasteiger partial charge in [0.2, 0.25) is 0 Å². The quantitative estimate of drug-likeness (QED) is 0.630. The number of aryl methyl sites for hydroxylation is 1. The van der Waals surface area contributed by atoms with Gasteiger partial charge in [-0.25, -0.2) is 4.79 Å². The highest BCUT2D eigenvalue weighted by molar-refractivity contribution is 5.85. The molecule has 0 heterocycles. The van der Waals surface area contributed by atoms with Crippen molar-refractivity contribution >= 4 is 24.2 Å². The summed E-state index contributed by atoms with van der Waals surface area (Å²) in [5.41, 5.74) is 3.53. The SMILES string of the molecule is CCc1ccccc1NCCCCNC(=O)OCc1ccccc1.Cl. The van der Waals surface area contributed by atoms with E-state index in [9.17, 15) is 4.79 Å². The Morgan fingerprint density at radius 3 is 2.40 bits per heavy atom. The Morgan fingerprint density at radius 1 is 0.960 bits per heavy atom. The predicted octanol–water partition coefficient (Wildman–Crippen LogP) is 4.79. The van der Waals surface area contributed by atoms with Crippen LogP contribution in [0, 0.1) is 0 Å². The van der Waals surface area contributed by atoms with Crippen LogP contribution in [0.25, 0.3) is 0 Å². The van der Waals surface area contributed by atoms with Crippen LogP contribution in [0.15, 0.2) is 54.6 Å². The molecule has 0 bridgehead atoms. The molecule has 0 spiro atoms. The second-order valence-electron chi connectivity index (χ2n) is 5.63. The van der Waals surface area contributed by atoms with Crippen molar-refractivity contribution in [1.82, 2.24) is 5.32 Å². The van der Waals surface area contributed by atoms with E-state index >= 15 is 0 Å². The first kappa shape index (κ1) is 20.8. The lowest BCUT2D eigenvalue weighted by Gasteiger charge is -2.11. The number of hydrogen-bond donors (Lipinski definition) is 2. The van der Waals surface area contributed by atoms with Crippen molar-refractivity contribution in [3.05, 3.63) is 65.7 Å². The fourth-order valence-electron chi connectivity index (χ4n) is 2.44. The molecule has 2 N–H and O–H groups in total. The van der Waals surface area contributed by atoms with Crippen LogP contribution in [0.4, 0.5) is 10.5 Å². The van der Waals surface area contributed by atoms with E-state index < -0.39 is 0 Å². The Labute approximate surface area is 156 Å². The number of para-hydroxylation sites is 1. The van der Waals surface area contributed by atoms with Gasteiger partial charge in [-0.05, 0) is 36.5 Å². The summed E-state index contributed by atoms with van der Waals surface area (Å²) in [6.07, 6.45) is 2.58. The molecule has 0 aliphatic carbocycles. The lowest BCUT2D eigenvalue weighted by Crippen LogP contribution is -2.25. The molecule has 0 atom stereocenters. The van der Waals surface area contributed by atoms with Gasteiger partial charge in [-0.2, -0.15) is 0 Å². The Bertz CT molecular complexity index is 620. The number of benzene rings is 2. The molecule has 136 valence electrons. The minimum atomic E-state index is -0.358. The summed E-state index contributed by atoms with van der Waals surface area (Å²) in [6, 6.07) is 18.0. The van der Waals surface area contributed by atoms with Crippen LogP contribution >= 0.6 is 12.4 Å². The van der Waals surface area contributed by atoms with E-state index in [4.69, 9.17) is 4.74 Å². The summed E-state index contributed by atoms with van der Waals surface area (Å²) in [5.74, 6) is 0. The Kier molecular flexibility index (Phi) is 10.2. The zero-order valence-electron chi connectivity index (χ0n) is 14.7. The fourth-order valence-corrected chi connectivity index (χ4v) is 2.44. The monoisotopic (exact) mass is 362 g/mol. The van der Waals surface area contributed by atoms with Crippen LogP contribution in [-0.4, -0.2) is 19.2 Å². The predicted molar refractivity (Wildman–Crippen MR) is 105 cm³/mol. The zero-order valence-corrected chi connectivity index (χ0v) is 15.5. The number of amides is 1. The molecule has 2 aromatic rings. The first-order valence-electron chi connectivity index (χ1n) is 8.56. The highest BCUT2D eigenvalue weighted by Crippen LogP contribution is 2.15. The Hall–Kier alpha value is -2.20. The molecule has 2 aromatic carbocycles. The smallest absolute Gasteiger partial charge is 0.407 e. The molecule has 0 radical (unpaired) electrons. The number of halogens is 1. The average Bonchev–Trinajstić information content (AvgIpc) is 2.64. The highest BCUT2D eigenvalue weighted by Gasteiger charge is 2.02. The maximum Gasteiger partial charge on any atom is 0.407 e. The van der Waals surface area contributed by atoms with Crippen LogP contribution in [0.2, 0.25) is 0 Å². The molecule has 1 amide bonds. The third-order valence-electron chi connectivity index (χ3n) is 3.80. The van der Waals surface area contributed by atoms with Crippen molar-refractivity contribution in [2.75, 3.05) is 18.4 Å². The van der Waals surface area contributed by atoms with E-state index in [-0.39, 0.29) is 18.5 Å². The van der Waals surface area contributed by atoms with E-state index in [0.29, 0.717) is 13.2 Å². The number of alkyl carbamates (subject to hydrolysis) is 1. The molecular formula is C20H27ClN2O2. The third-order valence-corrected chi connectivity index (χ3v) is 3.80. The minimum absolute atomic E-state index is 0. The first-order chi connectivity index (χ1) is 11.8. The van der Waals surface area contributed by atoms with Gasteiger partial charge >= 0.3 is 6.09 Å². The van der Waals surface area contributed by atoms with Crippen molar-refractivity contribution in [2.45, 2.75) is 32.8 Å². The average molecular weight is 363 g/mol. The number of rotatable bonds is 9. The van der Waals surface area contributed by atoms with Gasteiger partial charge in [-0.1, -0.05) is 55.5 Å². The standard InChI is InChI=1S/C20H26N2O2.ClH/c1-2-18-12-6-7-13-19(18)21-14-8-9-15-22-20(23)24-16-17-10-4-3-5-11-17;/h3-7,10-13,21H,2,8-9,14-16H2,1H3,(H,22,23);1H. The van der Waals surface area contributed by atoms with Crippen LogP contribution in [0.3, 0.4) is 0 Å². The Morgan fingerprint density at radius 2 is 1.64 bits per heavy atom. The van der Waals surface area contributed by atoms with Crippen molar-refractivity contribution in [3.63, 3.8) is 0 Å². The molecule has 0 unspecified atom stereocenters. The Balaban J connectivity index is 0.00000312. The van der Waals surface area contributed by atoms with Crippen LogP contribution in [0.5, 0.6) is 0 Å². The van der Waals surface area contributed by atoms with E-state index in [2.05, 4.69) is 35.8 Å². The van der Waals surface area contributed by atoms with Gasteiger partial charge < -0.3 is 15.4 Å². The molecule has 0 saturated heterocycles. The lowest BCUT2D eigenvalue weighted by atomic mass is 10.1. The molecule has 4 nitrogen and oxygen atoms in total. The molecule has 0 aromatic heterocycles. The van der Waals surface area contributed by atoms with Crippen molar-refractivity contribution in [1.29, 1.82) is 0 Å². The number of ether oxygens (including phenoxy) is 1. The number of carbonyl (C=O) groups is 1. The van der Waals surface area contributed by atoms with E-state index in [0.717, 1.165) is 31.4 Å². The third kappa shape index (κ3) is 7.94. The molecule has 2 rings (SSSR count). The number of carbonyl (C=O) groups excluding carboxylic acids is 1. The number of unbranched alkanes of at least 4 members (excludes halogenated alkanes) is 1. The van der Waals surface area contributed by atoms with E-state index in [1.807, 2.05) is 36.4 Å². The second-order valence-corrected chi connectivity index (χ2v) is 5.63. The summed E-state index contributed by atoms with van der Waals surface area (Å²) in [4.78, 5) is 11.6. The molecule has 0 aliphatic rings. The summed E-state index contributed by atoms with van der Waals surface area (Å²) in [6.45, 7) is 4.00. The number of anilines is 1. The van der Waals surface area contributed by atoms with Crippen molar-refractivity contribution < 1.29 is 9.53 Å². The topological polar surface area (TPSA) is 50.4 Å². The van der Waals surface area contributed by atoms with Gasteiger partial charge in [-0.15, -0.1) is 12.4 Å². The molecule has 5 heteroatoms. The molecule has 25 heavy (non-hydrogen) atoms. The molecular weight excluding hydrogens is 336 g/mol. The van der Waals surface area contributed by atoms with E-state index in [1.165, 1.54) is 11.3 Å². The zero-order chi connectivity index (χ0) is 17.0. The van der Waals surface area contributed by atoms with Crippen LogP contribution in [0.1, 0.15) is 30.9 Å². The van der Waals surface area contributed by atoms with Gasteiger partial charge in [0, 0.05) is 18.8 Å². The van der Waals surface area contributed by atoms with Crippen molar-refractivity contribution in [3.8, 4) is 0 Å². The van der Waals surface area contributed by atoms with Crippen LogP contribution in [-0.2, 0) is 17.8 Å². The van der Waals surface area contributed by atoms with E-state index in [1.54, 1.807) is 0 Å². The highest BCUT2D eigenvalue weighted by atomic mass is 35.5. The number of nitrogens with one attached hydrogen (secondary N) is 2. The van der Waals surface area contributed by atoms with Gasteiger partial charge in [0.25, 0.3) is 0 Å². The maximum atomic E-state index is 11.6. The van der Waals surface area contributed by atoms with Crippen LogP contribution < -0.4 is 10.6 Å². The van der Waals surface area contributed by atoms with Gasteiger partial charge in [0.1, 0.15) is 6.61 Å². The van der Waals surface area contributed by atoms with Gasteiger partial charge in [-0.3, -0.25) is 0 Å². The fraction of sp³-hybridized carbons (Fsp3) is 0.350. The summed E-state index contributed by atoms with van der Waals surface area (Å²) in [5, 5.41) is 6.24. The molecule has 0 aliphatic heterocycles. The van der Waals surface area contributed by atoms with Crippen molar-refractivity contribution in [2.24, 2.45) is 0 Å². The molecule has 0 fully saturated rings. The summed E-state index contributed by atoms with van der Waals surface area (Å²) >= 11 is 0.